The van der Waals surface area contributed by atoms with E-state index in [0.29, 0.717) is 0 Å². The second kappa shape index (κ2) is 10.9. The standard InChI is InChI=1S/C21H22N4.C2H6/c1-16-12-17(5-6-19(16)14-22-2)13-24-25-21-9-7-18(8-10-21)20-4-3-11-23-15-20;1-2/h3-13,15,22,25H,14H2,1-2H3;1-2H3/b24-13+;. The van der Waals surface area contributed by atoms with Gasteiger partial charge in [0.05, 0.1) is 11.9 Å². The SMILES string of the molecule is CC.CNCc1ccc(/C=N/Nc2ccc(-c3cccnc3)cc2)cc1C. The first kappa shape index (κ1) is 20.3. The molecule has 0 bridgehead atoms. The second-order valence-corrected chi connectivity index (χ2v) is 5.91. The van der Waals surface area contributed by atoms with Crippen molar-refractivity contribution in [1.82, 2.24) is 10.3 Å². The molecule has 0 spiro atoms. The normalized spacial score (nSPS) is 10.4. The molecule has 3 aromatic rings. The predicted octanol–water partition coefficient (Wildman–Crippen LogP) is 5.25. The van der Waals surface area contributed by atoms with Crippen molar-refractivity contribution in [3.63, 3.8) is 0 Å². The number of nitrogens with zero attached hydrogens (tertiary/aromatic N) is 2. The zero-order valence-electron chi connectivity index (χ0n) is 16.5. The van der Waals surface area contributed by atoms with E-state index in [1.54, 1.807) is 6.20 Å². The number of nitrogens with one attached hydrogen (secondary N) is 2. The Labute approximate surface area is 162 Å². The third-order valence-electron chi connectivity index (χ3n) is 4.02. The number of anilines is 1. The van der Waals surface area contributed by atoms with Gasteiger partial charge in [0.1, 0.15) is 0 Å². The lowest BCUT2D eigenvalue weighted by atomic mass is 10.1. The summed E-state index contributed by atoms with van der Waals surface area (Å²) in [6, 6.07) is 18.5. The molecule has 2 aromatic carbocycles. The van der Waals surface area contributed by atoms with Crippen LogP contribution in [0.3, 0.4) is 0 Å². The van der Waals surface area contributed by atoms with Crippen LogP contribution in [0.15, 0.2) is 72.1 Å². The van der Waals surface area contributed by atoms with Gasteiger partial charge in [0.2, 0.25) is 0 Å². The van der Waals surface area contributed by atoms with Gasteiger partial charge >= 0.3 is 0 Å². The van der Waals surface area contributed by atoms with Crippen LogP contribution in [0, 0.1) is 6.92 Å². The Balaban J connectivity index is 0.00000126. The zero-order valence-corrected chi connectivity index (χ0v) is 16.5. The van der Waals surface area contributed by atoms with Crippen LogP contribution in [-0.2, 0) is 6.54 Å². The highest BCUT2D eigenvalue weighted by atomic mass is 15.3. The molecule has 0 saturated heterocycles. The van der Waals surface area contributed by atoms with Crippen LogP contribution in [0.1, 0.15) is 30.5 Å². The van der Waals surface area contributed by atoms with Crippen molar-refractivity contribution in [3.8, 4) is 11.1 Å². The van der Waals surface area contributed by atoms with E-state index >= 15 is 0 Å². The first-order valence-corrected chi connectivity index (χ1v) is 9.30. The largest absolute Gasteiger partial charge is 0.316 e. The maximum Gasteiger partial charge on any atom is 0.0562 e. The Kier molecular flexibility index (Phi) is 8.20. The summed E-state index contributed by atoms with van der Waals surface area (Å²) >= 11 is 0. The molecule has 0 aliphatic carbocycles. The quantitative estimate of drug-likeness (QED) is 0.466. The first-order chi connectivity index (χ1) is 13.3. The number of rotatable bonds is 6. The monoisotopic (exact) mass is 360 g/mol. The van der Waals surface area contributed by atoms with E-state index in [1.807, 2.05) is 57.6 Å². The van der Waals surface area contributed by atoms with Gasteiger partial charge in [0, 0.05) is 18.9 Å². The van der Waals surface area contributed by atoms with Gasteiger partial charge in [-0.15, -0.1) is 0 Å². The Bertz CT molecular complexity index is 840. The highest BCUT2D eigenvalue weighted by Gasteiger charge is 1.99. The van der Waals surface area contributed by atoms with Gasteiger partial charge in [0.15, 0.2) is 0 Å². The highest BCUT2D eigenvalue weighted by molar-refractivity contribution is 5.80. The molecule has 0 fully saturated rings. The van der Waals surface area contributed by atoms with Gasteiger partial charge in [0.25, 0.3) is 0 Å². The fourth-order valence-electron chi connectivity index (χ4n) is 2.64. The van der Waals surface area contributed by atoms with E-state index in [1.165, 1.54) is 11.1 Å². The number of hydrazone groups is 1. The van der Waals surface area contributed by atoms with Gasteiger partial charge in [-0.2, -0.15) is 5.10 Å². The Morgan fingerprint density at radius 2 is 1.78 bits per heavy atom. The zero-order chi connectivity index (χ0) is 19.5. The number of hydrogen-bond donors (Lipinski definition) is 2. The van der Waals surface area contributed by atoms with E-state index < -0.39 is 0 Å². The molecule has 0 atom stereocenters. The van der Waals surface area contributed by atoms with Crippen LogP contribution in [0.4, 0.5) is 5.69 Å². The lowest BCUT2D eigenvalue weighted by Gasteiger charge is -2.06. The smallest absolute Gasteiger partial charge is 0.0562 e. The fourth-order valence-corrected chi connectivity index (χ4v) is 2.64. The van der Waals surface area contributed by atoms with Gasteiger partial charge in [-0.05, 0) is 60.0 Å². The molecule has 4 heteroatoms. The Morgan fingerprint density at radius 3 is 2.41 bits per heavy atom. The lowest BCUT2D eigenvalue weighted by Crippen LogP contribution is -2.06. The maximum atomic E-state index is 4.33. The van der Waals surface area contributed by atoms with Crippen LogP contribution in [0.5, 0.6) is 0 Å². The molecular weight excluding hydrogens is 332 g/mol. The number of aromatic nitrogens is 1. The van der Waals surface area contributed by atoms with Crippen molar-refractivity contribution in [2.45, 2.75) is 27.3 Å². The minimum Gasteiger partial charge on any atom is -0.316 e. The van der Waals surface area contributed by atoms with E-state index in [4.69, 9.17) is 0 Å². The first-order valence-electron chi connectivity index (χ1n) is 9.30. The number of benzene rings is 2. The van der Waals surface area contributed by atoms with Crippen LogP contribution in [0.2, 0.25) is 0 Å². The average molecular weight is 361 g/mol. The molecule has 3 rings (SSSR count). The molecule has 140 valence electrons. The van der Waals surface area contributed by atoms with Crippen molar-refractivity contribution >= 4 is 11.9 Å². The minimum atomic E-state index is 0.880. The van der Waals surface area contributed by atoms with Gasteiger partial charge in [-0.25, -0.2) is 0 Å². The van der Waals surface area contributed by atoms with Gasteiger partial charge in [-0.1, -0.05) is 50.2 Å². The minimum absolute atomic E-state index is 0.880. The molecule has 0 radical (unpaired) electrons. The number of pyridine rings is 1. The Morgan fingerprint density at radius 1 is 1.00 bits per heavy atom. The molecule has 0 unspecified atom stereocenters. The molecule has 2 N–H and O–H groups in total. The second-order valence-electron chi connectivity index (χ2n) is 5.91. The topological polar surface area (TPSA) is 49.3 Å². The molecule has 1 heterocycles. The van der Waals surface area contributed by atoms with Crippen molar-refractivity contribution in [2.75, 3.05) is 12.5 Å². The van der Waals surface area contributed by atoms with Gasteiger partial charge in [-0.3, -0.25) is 10.4 Å². The van der Waals surface area contributed by atoms with Crippen LogP contribution in [-0.4, -0.2) is 18.2 Å². The predicted molar refractivity (Wildman–Crippen MR) is 116 cm³/mol. The summed E-state index contributed by atoms with van der Waals surface area (Å²) in [6.45, 7) is 7.00. The van der Waals surface area contributed by atoms with E-state index in [2.05, 4.69) is 58.1 Å². The summed E-state index contributed by atoms with van der Waals surface area (Å²) in [5.41, 5.74) is 9.92. The van der Waals surface area contributed by atoms with Crippen LogP contribution < -0.4 is 10.7 Å². The molecule has 0 saturated carbocycles. The molecule has 0 amide bonds. The van der Waals surface area contributed by atoms with Crippen molar-refractivity contribution < 1.29 is 0 Å². The third kappa shape index (κ3) is 6.04. The van der Waals surface area contributed by atoms with Gasteiger partial charge < -0.3 is 5.32 Å². The van der Waals surface area contributed by atoms with Crippen LogP contribution >= 0.6 is 0 Å². The molecule has 27 heavy (non-hydrogen) atoms. The van der Waals surface area contributed by atoms with E-state index in [9.17, 15) is 0 Å². The summed E-state index contributed by atoms with van der Waals surface area (Å²) in [5, 5.41) is 7.50. The summed E-state index contributed by atoms with van der Waals surface area (Å²) in [7, 11) is 1.96. The van der Waals surface area contributed by atoms with Crippen molar-refractivity contribution in [2.24, 2.45) is 5.10 Å². The molecule has 1 aromatic heterocycles. The number of hydrogen-bond acceptors (Lipinski definition) is 4. The fraction of sp³-hybridized carbons (Fsp3) is 0.217. The van der Waals surface area contributed by atoms with E-state index in [0.717, 1.165) is 28.9 Å². The lowest BCUT2D eigenvalue weighted by molar-refractivity contribution is 0.812. The van der Waals surface area contributed by atoms with Crippen LogP contribution in [0.25, 0.3) is 11.1 Å². The molecule has 0 aliphatic rings. The summed E-state index contributed by atoms with van der Waals surface area (Å²) in [4.78, 5) is 4.15. The third-order valence-corrected chi connectivity index (χ3v) is 4.02. The molecule has 4 nitrogen and oxygen atoms in total. The summed E-state index contributed by atoms with van der Waals surface area (Å²) < 4.78 is 0. The number of aryl methyl sites for hydroxylation is 1. The van der Waals surface area contributed by atoms with Crippen molar-refractivity contribution in [3.05, 3.63) is 83.7 Å². The Hall–Kier alpha value is -2.98. The summed E-state index contributed by atoms with van der Waals surface area (Å²) in [5.74, 6) is 0. The van der Waals surface area contributed by atoms with Crippen molar-refractivity contribution in [1.29, 1.82) is 0 Å². The average Bonchev–Trinajstić information content (AvgIpc) is 2.73. The molecular formula is C23H28N4. The maximum absolute atomic E-state index is 4.33. The molecule has 0 aliphatic heterocycles. The van der Waals surface area contributed by atoms with E-state index in [-0.39, 0.29) is 0 Å². The summed E-state index contributed by atoms with van der Waals surface area (Å²) in [6.07, 6.45) is 5.48. The highest BCUT2D eigenvalue weighted by Crippen LogP contribution is 2.20.